The van der Waals surface area contributed by atoms with E-state index in [1.807, 2.05) is 33.8 Å². The van der Waals surface area contributed by atoms with Crippen molar-refractivity contribution in [2.75, 3.05) is 0 Å². The zero-order valence-electron chi connectivity index (χ0n) is 11.6. The molecule has 1 aliphatic rings. The topological polar surface area (TPSA) is 51.6 Å². The van der Waals surface area contributed by atoms with Crippen LogP contribution in [0.25, 0.3) is 0 Å². The van der Waals surface area contributed by atoms with Crippen LogP contribution in [0.3, 0.4) is 0 Å². The van der Waals surface area contributed by atoms with Gasteiger partial charge in [-0.1, -0.05) is 6.07 Å². The van der Waals surface area contributed by atoms with E-state index in [0.717, 1.165) is 11.0 Å². The summed E-state index contributed by atoms with van der Waals surface area (Å²) in [7, 11) is -0.429. The Balaban J connectivity index is 2.27. The molecule has 1 atom stereocenters. The lowest BCUT2D eigenvalue weighted by Gasteiger charge is -2.32. The summed E-state index contributed by atoms with van der Waals surface area (Å²) in [6.07, 6.45) is 2.83. The fourth-order valence-corrected chi connectivity index (χ4v) is 1.81. The second-order valence-electron chi connectivity index (χ2n) is 5.82. The monoisotopic (exact) mass is 249 g/mol. The SMILES string of the molecule is C[C@H](O)c1cncc(B2OC(C)(C)C(C)(C)O2)c1. The Morgan fingerprint density at radius 1 is 1.17 bits per heavy atom. The first-order valence-electron chi connectivity index (χ1n) is 6.21. The molecular weight excluding hydrogens is 229 g/mol. The van der Waals surface area contributed by atoms with E-state index in [9.17, 15) is 5.11 Å². The smallest absolute Gasteiger partial charge is 0.399 e. The maximum absolute atomic E-state index is 9.57. The van der Waals surface area contributed by atoms with Crippen molar-refractivity contribution < 1.29 is 14.4 Å². The van der Waals surface area contributed by atoms with Crippen LogP contribution in [0.5, 0.6) is 0 Å². The molecule has 1 saturated heterocycles. The number of aromatic nitrogens is 1. The molecule has 0 amide bonds. The third kappa shape index (κ3) is 2.30. The Morgan fingerprint density at radius 3 is 2.22 bits per heavy atom. The molecule has 0 saturated carbocycles. The highest BCUT2D eigenvalue weighted by Crippen LogP contribution is 2.36. The number of rotatable bonds is 2. The van der Waals surface area contributed by atoms with Crippen molar-refractivity contribution in [1.29, 1.82) is 0 Å². The molecule has 0 unspecified atom stereocenters. The van der Waals surface area contributed by atoms with E-state index in [0.29, 0.717) is 0 Å². The third-order valence-corrected chi connectivity index (χ3v) is 3.79. The van der Waals surface area contributed by atoms with E-state index in [1.165, 1.54) is 0 Å². The molecule has 98 valence electrons. The van der Waals surface area contributed by atoms with Gasteiger partial charge in [-0.05, 0) is 40.2 Å². The van der Waals surface area contributed by atoms with Crippen LogP contribution in [-0.2, 0) is 9.31 Å². The van der Waals surface area contributed by atoms with Gasteiger partial charge in [-0.2, -0.15) is 0 Å². The summed E-state index contributed by atoms with van der Waals surface area (Å²) in [4.78, 5) is 4.13. The van der Waals surface area contributed by atoms with Gasteiger partial charge in [-0.25, -0.2) is 0 Å². The lowest BCUT2D eigenvalue weighted by Crippen LogP contribution is -2.41. The molecular formula is C13H20BNO3. The van der Waals surface area contributed by atoms with Gasteiger partial charge >= 0.3 is 7.12 Å². The molecule has 0 bridgehead atoms. The molecule has 0 aliphatic carbocycles. The molecule has 0 aromatic carbocycles. The van der Waals surface area contributed by atoms with Crippen LogP contribution in [0, 0.1) is 0 Å². The molecule has 1 aliphatic heterocycles. The number of nitrogens with zero attached hydrogens (tertiary/aromatic N) is 1. The molecule has 1 fully saturated rings. The number of hydrogen-bond donors (Lipinski definition) is 1. The Bertz CT molecular complexity index is 430. The molecule has 1 aromatic heterocycles. The van der Waals surface area contributed by atoms with Crippen molar-refractivity contribution in [2.24, 2.45) is 0 Å². The highest BCUT2D eigenvalue weighted by molar-refractivity contribution is 6.62. The number of aliphatic hydroxyl groups is 1. The molecule has 18 heavy (non-hydrogen) atoms. The van der Waals surface area contributed by atoms with Crippen LogP contribution in [0.2, 0.25) is 0 Å². The van der Waals surface area contributed by atoms with Crippen molar-refractivity contribution in [1.82, 2.24) is 4.98 Å². The van der Waals surface area contributed by atoms with Crippen LogP contribution in [0.15, 0.2) is 18.5 Å². The lowest BCUT2D eigenvalue weighted by atomic mass is 9.79. The molecule has 5 heteroatoms. The largest absolute Gasteiger partial charge is 0.496 e. The summed E-state index contributed by atoms with van der Waals surface area (Å²) in [5, 5.41) is 9.57. The third-order valence-electron chi connectivity index (χ3n) is 3.79. The van der Waals surface area contributed by atoms with Crippen molar-refractivity contribution in [3.8, 4) is 0 Å². The van der Waals surface area contributed by atoms with Gasteiger partial charge in [0.1, 0.15) is 0 Å². The molecule has 2 rings (SSSR count). The van der Waals surface area contributed by atoms with E-state index >= 15 is 0 Å². The Labute approximate surface area is 108 Å². The first-order valence-corrected chi connectivity index (χ1v) is 6.21. The number of pyridine rings is 1. The van der Waals surface area contributed by atoms with Gasteiger partial charge < -0.3 is 14.4 Å². The Hall–Kier alpha value is -0.905. The summed E-state index contributed by atoms with van der Waals surface area (Å²) in [6.45, 7) is 9.76. The minimum atomic E-state index is -0.542. The highest BCUT2D eigenvalue weighted by atomic mass is 16.7. The number of hydrogen-bond acceptors (Lipinski definition) is 4. The fourth-order valence-electron chi connectivity index (χ4n) is 1.81. The van der Waals surface area contributed by atoms with Crippen LogP contribution in [0.4, 0.5) is 0 Å². The van der Waals surface area contributed by atoms with Gasteiger partial charge in [0.05, 0.1) is 17.3 Å². The summed E-state index contributed by atoms with van der Waals surface area (Å²) in [5.41, 5.74) is 0.881. The van der Waals surface area contributed by atoms with Gasteiger partial charge in [-0.15, -0.1) is 0 Å². The average Bonchev–Trinajstić information content (AvgIpc) is 2.48. The van der Waals surface area contributed by atoms with Gasteiger partial charge in [0.15, 0.2) is 0 Å². The van der Waals surface area contributed by atoms with E-state index in [2.05, 4.69) is 4.98 Å². The van der Waals surface area contributed by atoms with E-state index in [1.54, 1.807) is 19.3 Å². The number of aliphatic hydroxyl groups excluding tert-OH is 1. The summed E-state index contributed by atoms with van der Waals surface area (Å²) in [5.74, 6) is 0. The summed E-state index contributed by atoms with van der Waals surface area (Å²) < 4.78 is 11.9. The maximum atomic E-state index is 9.57. The van der Waals surface area contributed by atoms with E-state index in [-0.39, 0.29) is 11.2 Å². The highest BCUT2D eigenvalue weighted by Gasteiger charge is 2.51. The molecule has 2 heterocycles. The van der Waals surface area contributed by atoms with Crippen molar-refractivity contribution in [2.45, 2.75) is 51.9 Å². The van der Waals surface area contributed by atoms with Crippen LogP contribution in [-0.4, -0.2) is 28.4 Å². The quantitative estimate of drug-likeness (QED) is 0.805. The minimum absolute atomic E-state index is 0.363. The predicted molar refractivity (Wildman–Crippen MR) is 70.6 cm³/mol. The molecule has 1 N–H and O–H groups in total. The van der Waals surface area contributed by atoms with E-state index < -0.39 is 13.2 Å². The standard InChI is InChI=1S/C13H20BNO3/c1-9(16)10-6-11(8-15-7-10)14-17-12(2,3)13(4,5)18-14/h6-9,16H,1-5H3/t9-/m0/s1. The van der Waals surface area contributed by atoms with Gasteiger partial charge in [0, 0.05) is 17.9 Å². The zero-order chi connectivity index (χ0) is 13.6. The second-order valence-corrected chi connectivity index (χ2v) is 5.82. The zero-order valence-corrected chi connectivity index (χ0v) is 11.6. The Kier molecular flexibility index (Phi) is 3.26. The molecule has 1 aromatic rings. The minimum Gasteiger partial charge on any atom is -0.399 e. The Morgan fingerprint density at radius 2 is 1.72 bits per heavy atom. The normalized spacial score (nSPS) is 23.1. The van der Waals surface area contributed by atoms with Gasteiger partial charge in [-0.3, -0.25) is 4.98 Å². The van der Waals surface area contributed by atoms with Crippen molar-refractivity contribution in [3.63, 3.8) is 0 Å². The van der Waals surface area contributed by atoms with Gasteiger partial charge in [0.2, 0.25) is 0 Å². The summed E-state index contributed by atoms with van der Waals surface area (Å²) >= 11 is 0. The van der Waals surface area contributed by atoms with Crippen molar-refractivity contribution >= 4 is 12.6 Å². The van der Waals surface area contributed by atoms with Crippen LogP contribution in [0.1, 0.15) is 46.3 Å². The lowest BCUT2D eigenvalue weighted by molar-refractivity contribution is 0.00578. The first-order chi connectivity index (χ1) is 8.23. The predicted octanol–water partition coefficient (Wildman–Crippen LogP) is 1.43. The molecule has 0 radical (unpaired) electrons. The fraction of sp³-hybridized carbons (Fsp3) is 0.615. The van der Waals surface area contributed by atoms with Crippen LogP contribution >= 0.6 is 0 Å². The average molecular weight is 249 g/mol. The van der Waals surface area contributed by atoms with E-state index in [4.69, 9.17) is 9.31 Å². The molecule has 0 spiro atoms. The second kappa shape index (κ2) is 4.33. The molecule has 4 nitrogen and oxygen atoms in total. The first kappa shape index (κ1) is 13.5. The maximum Gasteiger partial charge on any atom is 0.496 e. The summed E-state index contributed by atoms with van der Waals surface area (Å²) in [6, 6.07) is 1.87. The van der Waals surface area contributed by atoms with Crippen LogP contribution < -0.4 is 5.46 Å². The van der Waals surface area contributed by atoms with Gasteiger partial charge in [0.25, 0.3) is 0 Å². The van der Waals surface area contributed by atoms with Crippen molar-refractivity contribution in [3.05, 3.63) is 24.0 Å².